The first-order valence-electron chi connectivity index (χ1n) is 5.27. The van der Waals surface area contributed by atoms with Crippen LogP contribution in [-0.2, 0) is 4.79 Å². The second-order valence-corrected chi connectivity index (χ2v) is 5.00. The second kappa shape index (κ2) is 5.35. The molecule has 3 heteroatoms. The van der Waals surface area contributed by atoms with Crippen LogP contribution in [0.3, 0.4) is 0 Å². The Morgan fingerprint density at radius 1 is 1.43 bits per heavy atom. The number of hydrogen-bond donors (Lipinski definition) is 1. The van der Waals surface area contributed by atoms with Crippen molar-refractivity contribution >= 4 is 5.91 Å². The highest BCUT2D eigenvalue weighted by molar-refractivity contribution is 5.81. The van der Waals surface area contributed by atoms with Crippen LogP contribution in [0.5, 0.6) is 0 Å². The molecule has 0 rings (SSSR count). The number of amides is 1. The van der Waals surface area contributed by atoms with Gasteiger partial charge in [0, 0.05) is 20.1 Å². The van der Waals surface area contributed by atoms with Gasteiger partial charge in [-0.25, -0.2) is 0 Å². The van der Waals surface area contributed by atoms with E-state index in [4.69, 9.17) is 5.73 Å². The van der Waals surface area contributed by atoms with E-state index in [2.05, 4.69) is 13.8 Å². The van der Waals surface area contributed by atoms with Crippen molar-refractivity contribution in [3.8, 4) is 0 Å². The van der Waals surface area contributed by atoms with E-state index in [1.165, 1.54) is 0 Å². The van der Waals surface area contributed by atoms with Crippen LogP contribution in [0.25, 0.3) is 0 Å². The van der Waals surface area contributed by atoms with Crippen LogP contribution in [0.15, 0.2) is 0 Å². The van der Waals surface area contributed by atoms with Crippen molar-refractivity contribution < 1.29 is 4.79 Å². The topological polar surface area (TPSA) is 46.3 Å². The maximum absolute atomic E-state index is 11.9. The predicted octanol–water partition coefficient (Wildman–Crippen LogP) is 1.48. The summed E-state index contributed by atoms with van der Waals surface area (Å²) >= 11 is 0. The van der Waals surface area contributed by atoms with Crippen molar-refractivity contribution in [3.05, 3.63) is 0 Å². The Bertz CT molecular complexity index is 188. The minimum absolute atomic E-state index is 0.139. The van der Waals surface area contributed by atoms with Gasteiger partial charge in [-0.3, -0.25) is 4.79 Å². The van der Waals surface area contributed by atoms with Gasteiger partial charge in [0.1, 0.15) is 0 Å². The van der Waals surface area contributed by atoms with Gasteiger partial charge in [0.15, 0.2) is 0 Å². The molecular formula is C11H24N2O. The molecule has 3 nitrogen and oxygen atoms in total. The van der Waals surface area contributed by atoms with E-state index in [9.17, 15) is 4.79 Å². The molecule has 0 aliphatic carbocycles. The van der Waals surface area contributed by atoms with Crippen molar-refractivity contribution in [1.82, 2.24) is 4.90 Å². The molecule has 0 saturated carbocycles. The molecule has 0 spiro atoms. The first kappa shape index (κ1) is 13.4. The van der Waals surface area contributed by atoms with Crippen molar-refractivity contribution in [2.75, 3.05) is 20.1 Å². The summed E-state index contributed by atoms with van der Waals surface area (Å²) < 4.78 is 0. The van der Waals surface area contributed by atoms with Crippen LogP contribution in [0.1, 0.15) is 34.1 Å². The molecule has 0 fully saturated rings. The Hall–Kier alpha value is -0.570. The zero-order valence-corrected chi connectivity index (χ0v) is 10.1. The van der Waals surface area contributed by atoms with Gasteiger partial charge in [-0.1, -0.05) is 13.8 Å². The molecule has 0 heterocycles. The zero-order valence-electron chi connectivity index (χ0n) is 10.1. The summed E-state index contributed by atoms with van der Waals surface area (Å²) in [6.07, 6.45) is 1.04. The van der Waals surface area contributed by atoms with E-state index >= 15 is 0 Å². The molecule has 0 aliphatic heterocycles. The minimum atomic E-state index is -0.425. The predicted molar refractivity (Wildman–Crippen MR) is 59.9 cm³/mol. The SMILES string of the molecule is CC(C)CCN(C)C(=O)C(C)(C)CN. The molecule has 0 radical (unpaired) electrons. The number of nitrogens with two attached hydrogens (primary N) is 1. The first-order chi connectivity index (χ1) is 6.31. The monoisotopic (exact) mass is 200 g/mol. The largest absolute Gasteiger partial charge is 0.345 e. The van der Waals surface area contributed by atoms with Crippen LogP contribution >= 0.6 is 0 Å². The van der Waals surface area contributed by atoms with Crippen molar-refractivity contribution in [2.24, 2.45) is 17.1 Å². The van der Waals surface area contributed by atoms with E-state index in [0.29, 0.717) is 12.5 Å². The lowest BCUT2D eigenvalue weighted by Crippen LogP contribution is -2.43. The van der Waals surface area contributed by atoms with Gasteiger partial charge < -0.3 is 10.6 Å². The van der Waals surface area contributed by atoms with Crippen LogP contribution in [0.2, 0.25) is 0 Å². The van der Waals surface area contributed by atoms with Crippen LogP contribution in [-0.4, -0.2) is 30.9 Å². The van der Waals surface area contributed by atoms with Gasteiger partial charge in [0.05, 0.1) is 5.41 Å². The van der Waals surface area contributed by atoms with Gasteiger partial charge in [-0.15, -0.1) is 0 Å². The number of nitrogens with zero attached hydrogens (tertiary/aromatic N) is 1. The number of hydrogen-bond acceptors (Lipinski definition) is 2. The van der Waals surface area contributed by atoms with Crippen molar-refractivity contribution in [3.63, 3.8) is 0 Å². The van der Waals surface area contributed by atoms with E-state index in [1.54, 1.807) is 4.90 Å². The lowest BCUT2D eigenvalue weighted by Gasteiger charge is -2.28. The highest BCUT2D eigenvalue weighted by Crippen LogP contribution is 2.16. The maximum atomic E-state index is 11.9. The average molecular weight is 200 g/mol. The summed E-state index contributed by atoms with van der Waals surface area (Å²) in [6, 6.07) is 0. The van der Waals surface area contributed by atoms with Crippen LogP contribution in [0, 0.1) is 11.3 Å². The molecule has 84 valence electrons. The van der Waals surface area contributed by atoms with Gasteiger partial charge in [0.2, 0.25) is 5.91 Å². The Kier molecular flexibility index (Phi) is 5.13. The fourth-order valence-corrected chi connectivity index (χ4v) is 1.16. The number of carbonyl (C=O) groups is 1. The summed E-state index contributed by atoms with van der Waals surface area (Å²) in [5, 5.41) is 0. The number of rotatable bonds is 5. The summed E-state index contributed by atoms with van der Waals surface area (Å²) in [7, 11) is 1.85. The summed E-state index contributed by atoms with van der Waals surface area (Å²) in [4.78, 5) is 13.6. The number of carbonyl (C=O) groups excluding carboxylic acids is 1. The molecule has 1 amide bonds. The van der Waals surface area contributed by atoms with E-state index in [-0.39, 0.29) is 5.91 Å². The summed E-state index contributed by atoms with van der Waals surface area (Å²) in [5.41, 5.74) is 5.13. The summed E-state index contributed by atoms with van der Waals surface area (Å²) in [5.74, 6) is 0.770. The zero-order chi connectivity index (χ0) is 11.4. The van der Waals surface area contributed by atoms with Gasteiger partial charge >= 0.3 is 0 Å². The van der Waals surface area contributed by atoms with Crippen molar-refractivity contribution in [1.29, 1.82) is 0 Å². The standard InChI is InChI=1S/C11H24N2O/c1-9(2)6-7-13(5)10(14)11(3,4)8-12/h9H,6-8,12H2,1-5H3. The van der Waals surface area contributed by atoms with Crippen molar-refractivity contribution in [2.45, 2.75) is 34.1 Å². The maximum Gasteiger partial charge on any atom is 0.229 e. The van der Waals surface area contributed by atoms with E-state index < -0.39 is 5.41 Å². The molecule has 0 aromatic carbocycles. The molecule has 0 aromatic heterocycles. The Labute approximate surface area is 87.6 Å². The molecule has 14 heavy (non-hydrogen) atoms. The van der Waals surface area contributed by atoms with E-state index in [0.717, 1.165) is 13.0 Å². The molecule has 0 aromatic rings. The average Bonchev–Trinajstić information content (AvgIpc) is 2.12. The third kappa shape index (κ3) is 4.09. The highest BCUT2D eigenvalue weighted by Gasteiger charge is 2.28. The lowest BCUT2D eigenvalue weighted by molar-refractivity contribution is -0.138. The van der Waals surface area contributed by atoms with Gasteiger partial charge in [0.25, 0.3) is 0 Å². The molecule has 2 N–H and O–H groups in total. The fraction of sp³-hybridized carbons (Fsp3) is 0.909. The smallest absolute Gasteiger partial charge is 0.229 e. The Morgan fingerprint density at radius 3 is 2.29 bits per heavy atom. The molecule has 0 unspecified atom stereocenters. The van der Waals surface area contributed by atoms with E-state index in [1.807, 2.05) is 20.9 Å². The third-order valence-electron chi connectivity index (χ3n) is 2.48. The molecular weight excluding hydrogens is 176 g/mol. The first-order valence-corrected chi connectivity index (χ1v) is 5.27. The second-order valence-electron chi connectivity index (χ2n) is 5.00. The van der Waals surface area contributed by atoms with Crippen LogP contribution < -0.4 is 5.73 Å². The fourth-order valence-electron chi connectivity index (χ4n) is 1.16. The molecule has 0 aliphatic rings. The molecule has 0 saturated heterocycles. The van der Waals surface area contributed by atoms with Crippen LogP contribution in [0.4, 0.5) is 0 Å². The third-order valence-corrected chi connectivity index (χ3v) is 2.48. The summed E-state index contributed by atoms with van der Waals surface area (Å²) in [6.45, 7) is 9.32. The Balaban J connectivity index is 4.12. The molecule has 0 bridgehead atoms. The lowest BCUT2D eigenvalue weighted by atomic mass is 9.92. The Morgan fingerprint density at radius 2 is 1.93 bits per heavy atom. The molecule has 0 atom stereocenters. The minimum Gasteiger partial charge on any atom is -0.345 e. The highest BCUT2D eigenvalue weighted by atomic mass is 16.2. The van der Waals surface area contributed by atoms with Gasteiger partial charge in [-0.05, 0) is 26.2 Å². The normalized spacial score (nSPS) is 11.9. The quantitative estimate of drug-likeness (QED) is 0.730. The van der Waals surface area contributed by atoms with Gasteiger partial charge in [-0.2, -0.15) is 0 Å².